The van der Waals surface area contributed by atoms with Gasteiger partial charge in [0.2, 0.25) is 0 Å². The zero-order valence-electron chi connectivity index (χ0n) is 11.1. The first-order valence-electron chi connectivity index (χ1n) is 6.53. The fourth-order valence-electron chi connectivity index (χ4n) is 1.93. The Bertz CT molecular complexity index is 681. The maximum Gasteiger partial charge on any atom is 0.292 e. The second-order valence-electron chi connectivity index (χ2n) is 4.51. The maximum atomic E-state index is 12.0. The predicted octanol–water partition coefficient (Wildman–Crippen LogP) is 2.79. The lowest BCUT2D eigenvalue weighted by Gasteiger charge is -2.12. The van der Waals surface area contributed by atoms with Gasteiger partial charge in [0.15, 0.2) is 11.0 Å². The maximum absolute atomic E-state index is 12.0. The number of amides is 1. The summed E-state index contributed by atoms with van der Waals surface area (Å²) in [4.78, 5) is 20.6. The highest BCUT2D eigenvalue weighted by Crippen LogP contribution is 2.25. The number of aromatic nitrogens is 1. The molecule has 0 atom stereocenters. The normalized spacial score (nSPS) is 14.2. The summed E-state index contributed by atoms with van der Waals surface area (Å²) in [6.07, 6.45) is 0.953. The van der Waals surface area contributed by atoms with E-state index >= 15 is 0 Å². The number of thiazole rings is 1. The lowest BCUT2D eigenvalue weighted by atomic mass is 10.2. The Hall–Kier alpha value is -1.92. The summed E-state index contributed by atoms with van der Waals surface area (Å²) in [5.74, 6) is 0.135. The third kappa shape index (κ3) is 3.40. The number of aliphatic imine (C=N–C) groups is 1. The van der Waals surface area contributed by atoms with Crippen LogP contribution in [-0.4, -0.2) is 29.8 Å². The van der Waals surface area contributed by atoms with E-state index in [9.17, 15) is 4.79 Å². The molecule has 1 amide bonds. The summed E-state index contributed by atoms with van der Waals surface area (Å²) in [7, 11) is 0. The summed E-state index contributed by atoms with van der Waals surface area (Å²) in [6, 6.07) is 7.43. The van der Waals surface area contributed by atoms with E-state index < -0.39 is 0 Å². The molecule has 5 nitrogen and oxygen atoms in total. The average molecular weight is 321 g/mol. The van der Waals surface area contributed by atoms with Crippen LogP contribution in [0.15, 0.2) is 34.6 Å². The van der Waals surface area contributed by atoms with Gasteiger partial charge in [-0.15, -0.1) is 11.3 Å². The number of hydrogen-bond donors (Lipinski definition) is 2. The Morgan fingerprint density at radius 1 is 1.33 bits per heavy atom. The number of carbonyl (C=O) groups is 1. The molecular weight excluding hydrogens is 308 g/mol. The van der Waals surface area contributed by atoms with Crippen LogP contribution in [0, 0.1) is 0 Å². The largest absolute Gasteiger partial charge is 0.366 e. The van der Waals surface area contributed by atoms with Gasteiger partial charge in [0.05, 0.1) is 5.69 Å². The minimum atomic E-state index is -0.244. The first kappa shape index (κ1) is 14.0. The molecule has 21 heavy (non-hydrogen) atoms. The highest BCUT2D eigenvalue weighted by molar-refractivity contribution is 7.14. The Labute approximate surface area is 131 Å². The molecule has 0 unspecified atom stereocenters. The Balaban J connectivity index is 1.71. The molecule has 2 aromatic rings. The van der Waals surface area contributed by atoms with E-state index in [-0.39, 0.29) is 5.91 Å². The lowest BCUT2D eigenvalue weighted by Crippen LogP contribution is -2.39. The van der Waals surface area contributed by atoms with E-state index in [4.69, 9.17) is 11.6 Å². The van der Waals surface area contributed by atoms with Crippen molar-refractivity contribution in [2.75, 3.05) is 18.4 Å². The number of benzene rings is 1. The summed E-state index contributed by atoms with van der Waals surface area (Å²) < 4.78 is 0. The number of halogens is 1. The van der Waals surface area contributed by atoms with Crippen LogP contribution in [0.4, 0.5) is 5.13 Å². The number of rotatable bonds is 3. The van der Waals surface area contributed by atoms with Gasteiger partial charge >= 0.3 is 0 Å². The summed E-state index contributed by atoms with van der Waals surface area (Å²) in [5, 5.41) is 8.88. The van der Waals surface area contributed by atoms with Crippen molar-refractivity contribution in [2.45, 2.75) is 6.42 Å². The van der Waals surface area contributed by atoms with Crippen LogP contribution in [0.25, 0.3) is 11.3 Å². The monoisotopic (exact) mass is 320 g/mol. The van der Waals surface area contributed by atoms with E-state index in [0.29, 0.717) is 22.5 Å². The minimum Gasteiger partial charge on any atom is -0.366 e. The zero-order valence-corrected chi connectivity index (χ0v) is 12.7. The quantitative estimate of drug-likeness (QED) is 0.914. The SMILES string of the molecule is O=C(Nc1nc(-c2ccc(Cl)cc2)cs1)C1=NCCCN1. The number of carbonyl (C=O) groups excluding carboxylic acids is 1. The van der Waals surface area contributed by atoms with Crippen LogP contribution < -0.4 is 10.6 Å². The molecule has 0 spiro atoms. The minimum absolute atomic E-state index is 0.244. The van der Waals surface area contributed by atoms with Crippen LogP contribution in [0.1, 0.15) is 6.42 Å². The third-order valence-electron chi connectivity index (χ3n) is 2.98. The van der Waals surface area contributed by atoms with Crippen molar-refractivity contribution in [3.05, 3.63) is 34.7 Å². The molecule has 2 heterocycles. The molecule has 0 saturated heterocycles. The van der Waals surface area contributed by atoms with Crippen molar-refractivity contribution in [2.24, 2.45) is 4.99 Å². The number of nitrogens with zero attached hydrogens (tertiary/aromatic N) is 2. The second kappa shape index (κ2) is 6.24. The van der Waals surface area contributed by atoms with Gasteiger partial charge in [-0.2, -0.15) is 0 Å². The van der Waals surface area contributed by atoms with E-state index in [0.717, 1.165) is 24.2 Å². The lowest BCUT2D eigenvalue weighted by molar-refractivity contribution is -0.110. The topological polar surface area (TPSA) is 66.4 Å². The molecule has 1 aromatic carbocycles. The van der Waals surface area contributed by atoms with Gasteiger partial charge in [0.25, 0.3) is 5.91 Å². The second-order valence-corrected chi connectivity index (χ2v) is 5.80. The third-order valence-corrected chi connectivity index (χ3v) is 3.99. The zero-order chi connectivity index (χ0) is 14.7. The molecule has 0 saturated carbocycles. The molecule has 7 heteroatoms. The van der Waals surface area contributed by atoms with E-state index in [2.05, 4.69) is 20.6 Å². The van der Waals surface area contributed by atoms with Gasteiger partial charge in [0.1, 0.15) is 0 Å². The summed E-state index contributed by atoms with van der Waals surface area (Å²) >= 11 is 7.25. The molecule has 0 radical (unpaired) electrons. The average Bonchev–Trinajstić information content (AvgIpc) is 2.97. The molecule has 3 rings (SSSR count). The number of amidine groups is 1. The first-order valence-corrected chi connectivity index (χ1v) is 7.79. The highest BCUT2D eigenvalue weighted by Gasteiger charge is 2.15. The summed E-state index contributed by atoms with van der Waals surface area (Å²) in [5.41, 5.74) is 1.77. The van der Waals surface area contributed by atoms with E-state index in [1.807, 2.05) is 29.6 Å². The van der Waals surface area contributed by atoms with E-state index in [1.165, 1.54) is 11.3 Å². The van der Waals surface area contributed by atoms with Crippen molar-refractivity contribution in [3.8, 4) is 11.3 Å². The molecule has 1 aliphatic rings. The van der Waals surface area contributed by atoms with Crippen molar-refractivity contribution in [1.29, 1.82) is 0 Å². The van der Waals surface area contributed by atoms with Gasteiger partial charge in [-0.05, 0) is 18.6 Å². The smallest absolute Gasteiger partial charge is 0.292 e. The van der Waals surface area contributed by atoms with Crippen LogP contribution in [0.3, 0.4) is 0 Å². The Morgan fingerprint density at radius 3 is 2.86 bits per heavy atom. The fourth-order valence-corrected chi connectivity index (χ4v) is 2.77. The van der Waals surface area contributed by atoms with Crippen molar-refractivity contribution >= 4 is 39.8 Å². The molecule has 108 valence electrons. The van der Waals surface area contributed by atoms with Gasteiger partial charge < -0.3 is 5.32 Å². The number of anilines is 1. The number of hydrogen-bond acceptors (Lipinski definition) is 5. The molecular formula is C14H13ClN4OS. The molecule has 0 aliphatic carbocycles. The molecule has 1 aromatic heterocycles. The van der Waals surface area contributed by atoms with E-state index in [1.54, 1.807) is 0 Å². The van der Waals surface area contributed by atoms with Crippen molar-refractivity contribution < 1.29 is 4.79 Å². The van der Waals surface area contributed by atoms with Crippen LogP contribution in [0.2, 0.25) is 5.02 Å². The predicted molar refractivity (Wildman–Crippen MR) is 86.1 cm³/mol. The molecule has 0 bridgehead atoms. The summed E-state index contributed by atoms with van der Waals surface area (Å²) in [6.45, 7) is 1.46. The van der Waals surface area contributed by atoms with Gasteiger partial charge in [-0.1, -0.05) is 23.7 Å². The Kier molecular flexibility index (Phi) is 4.17. The van der Waals surface area contributed by atoms with Crippen molar-refractivity contribution in [1.82, 2.24) is 10.3 Å². The standard InChI is InChI=1S/C14H13ClN4OS/c15-10-4-2-9(3-5-10)11-8-21-14(18-11)19-13(20)12-16-6-1-7-17-12/h2-5,8H,1,6-7H2,(H,16,17)(H,18,19,20). The molecule has 1 aliphatic heterocycles. The molecule has 2 N–H and O–H groups in total. The van der Waals surface area contributed by atoms with Gasteiger partial charge in [-0.3, -0.25) is 15.1 Å². The number of nitrogens with one attached hydrogen (secondary N) is 2. The van der Waals surface area contributed by atoms with Gasteiger partial charge in [-0.25, -0.2) is 4.98 Å². The van der Waals surface area contributed by atoms with Crippen LogP contribution in [0.5, 0.6) is 0 Å². The first-order chi connectivity index (χ1) is 10.2. The fraction of sp³-hybridized carbons (Fsp3) is 0.214. The highest BCUT2D eigenvalue weighted by atomic mass is 35.5. The Morgan fingerprint density at radius 2 is 2.14 bits per heavy atom. The van der Waals surface area contributed by atoms with Crippen LogP contribution in [-0.2, 0) is 4.79 Å². The van der Waals surface area contributed by atoms with Gasteiger partial charge in [0, 0.05) is 29.1 Å². The van der Waals surface area contributed by atoms with Crippen LogP contribution >= 0.6 is 22.9 Å². The molecule has 0 fully saturated rings. The van der Waals surface area contributed by atoms with Crippen molar-refractivity contribution in [3.63, 3.8) is 0 Å².